The van der Waals surface area contributed by atoms with Crippen LogP contribution in [0.5, 0.6) is 0 Å². The highest BCUT2D eigenvalue weighted by atomic mass is 32.1. The minimum absolute atomic E-state index is 0.847. The van der Waals surface area contributed by atoms with Gasteiger partial charge in [0.2, 0.25) is 0 Å². The molecule has 1 N–H and O–H groups in total. The normalized spacial score (nSPS) is 24.4. The van der Waals surface area contributed by atoms with Crippen molar-refractivity contribution in [1.82, 2.24) is 20.1 Å². The molecule has 0 aromatic carbocycles. The highest BCUT2D eigenvalue weighted by Crippen LogP contribution is 2.22. The van der Waals surface area contributed by atoms with Crippen molar-refractivity contribution in [2.75, 3.05) is 46.3 Å². The summed E-state index contributed by atoms with van der Waals surface area (Å²) in [4.78, 5) is 11.0. The largest absolute Gasteiger partial charge is 0.317 e. The molecule has 1 aromatic rings. The molecule has 5 heteroatoms. The van der Waals surface area contributed by atoms with E-state index in [2.05, 4.69) is 34.1 Å². The number of nitrogens with zero attached hydrogens (tertiary/aromatic N) is 3. The predicted molar refractivity (Wildman–Crippen MR) is 93.3 cm³/mol. The molecule has 2 aliphatic heterocycles. The van der Waals surface area contributed by atoms with Gasteiger partial charge in [0.15, 0.2) is 0 Å². The number of hydrogen-bond donors (Lipinski definition) is 1. The average molecular weight is 323 g/mol. The number of aromatic nitrogens is 1. The van der Waals surface area contributed by atoms with Crippen LogP contribution in [0.1, 0.15) is 29.8 Å². The van der Waals surface area contributed by atoms with Crippen molar-refractivity contribution < 1.29 is 0 Å². The molecule has 124 valence electrons. The Bertz CT molecular complexity index is 455. The molecule has 1 atom stereocenters. The fourth-order valence-electron chi connectivity index (χ4n) is 3.89. The molecular formula is C17H30N4S. The maximum absolute atomic E-state index is 4.36. The van der Waals surface area contributed by atoms with Crippen molar-refractivity contribution in [3.63, 3.8) is 0 Å². The highest BCUT2D eigenvalue weighted by molar-refractivity contribution is 7.09. The van der Waals surface area contributed by atoms with Crippen LogP contribution in [0.3, 0.4) is 0 Å². The molecule has 3 heterocycles. The predicted octanol–water partition coefficient (Wildman–Crippen LogP) is 2.20. The molecule has 0 radical (unpaired) electrons. The monoisotopic (exact) mass is 322 g/mol. The summed E-state index contributed by atoms with van der Waals surface area (Å²) in [6.45, 7) is 10.8. The molecule has 0 saturated carbocycles. The molecule has 0 bridgehead atoms. The summed E-state index contributed by atoms with van der Waals surface area (Å²) in [5.41, 5.74) is 3.17. The lowest BCUT2D eigenvalue weighted by Crippen LogP contribution is -2.35. The van der Waals surface area contributed by atoms with E-state index in [1.54, 1.807) is 11.3 Å². The van der Waals surface area contributed by atoms with E-state index in [1.807, 2.05) is 5.51 Å². The lowest BCUT2D eigenvalue weighted by Gasteiger charge is -2.27. The summed E-state index contributed by atoms with van der Waals surface area (Å²) in [6, 6.07) is 0. The Morgan fingerprint density at radius 3 is 2.86 bits per heavy atom. The van der Waals surface area contributed by atoms with Crippen LogP contribution in [-0.2, 0) is 6.54 Å². The number of rotatable bonds is 6. The van der Waals surface area contributed by atoms with Gasteiger partial charge in [0, 0.05) is 31.1 Å². The molecule has 2 fully saturated rings. The molecule has 22 heavy (non-hydrogen) atoms. The molecule has 2 saturated heterocycles. The van der Waals surface area contributed by atoms with Gasteiger partial charge in [0.05, 0.1) is 11.2 Å². The smallest absolute Gasteiger partial charge is 0.0798 e. The lowest BCUT2D eigenvalue weighted by molar-refractivity contribution is 0.220. The first-order valence-electron chi connectivity index (χ1n) is 8.71. The number of nitrogens with one attached hydrogen (secondary N) is 1. The zero-order valence-electron chi connectivity index (χ0n) is 14.1. The first-order chi connectivity index (χ1) is 10.7. The summed E-state index contributed by atoms with van der Waals surface area (Å²) in [6.07, 6.45) is 4.11. The van der Waals surface area contributed by atoms with E-state index in [-0.39, 0.29) is 0 Å². The molecule has 1 aromatic heterocycles. The number of likely N-dealkylation sites (tertiary alicyclic amines) is 1. The topological polar surface area (TPSA) is 31.4 Å². The first-order valence-corrected chi connectivity index (χ1v) is 9.59. The van der Waals surface area contributed by atoms with Gasteiger partial charge in [0.25, 0.3) is 0 Å². The van der Waals surface area contributed by atoms with Crippen LogP contribution < -0.4 is 5.32 Å². The standard InChI is InChI=1S/C17H30N4S/c1-14-17(22-13-19-14)12-20(2)9-16-5-8-21(11-16)10-15-3-6-18-7-4-15/h13,15-16,18H,3-12H2,1-2H3. The van der Waals surface area contributed by atoms with Gasteiger partial charge in [-0.05, 0) is 64.7 Å². The highest BCUT2D eigenvalue weighted by Gasteiger charge is 2.26. The maximum Gasteiger partial charge on any atom is 0.0798 e. The summed E-state index contributed by atoms with van der Waals surface area (Å²) in [5.74, 6) is 1.78. The molecule has 2 aliphatic rings. The second-order valence-corrected chi connectivity index (χ2v) is 8.10. The Kier molecular flexibility index (Phi) is 5.85. The Balaban J connectivity index is 1.39. The quantitative estimate of drug-likeness (QED) is 0.870. The minimum atomic E-state index is 0.847. The van der Waals surface area contributed by atoms with Crippen LogP contribution in [0.15, 0.2) is 5.51 Å². The number of hydrogen-bond acceptors (Lipinski definition) is 5. The van der Waals surface area contributed by atoms with E-state index in [9.17, 15) is 0 Å². The third kappa shape index (κ3) is 4.51. The first kappa shape index (κ1) is 16.4. The van der Waals surface area contributed by atoms with Crippen molar-refractivity contribution in [3.05, 3.63) is 16.1 Å². The summed E-state index contributed by atoms with van der Waals surface area (Å²) in [5, 5.41) is 3.47. The second kappa shape index (κ2) is 7.86. The fraction of sp³-hybridized carbons (Fsp3) is 0.824. The van der Waals surface area contributed by atoms with E-state index < -0.39 is 0 Å². The van der Waals surface area contributed by atoms with Crippen LogP contribution in [-0.4, -0.2) is 61.1 Å². The van der Waals surface area contributed by atoms with Crippen molar-refractivity contribution in [3.8, 4) is 0 Å². The SMILES string of the molecule is Cc1ncsc1CN(C)CC1CCN(CC2CCNCC2)C1. The van der Waals surface area contributed by atoms with Gasteiger partial charge in [-0.1, -0.05) is 0 Å². The Labute approximate surface area is 138 Å². The molecule has 1 unspecified atom stereocenters. The van der Waals surface area contributed by atoms with Gasteiger partial charge in [-0.15, -0.1) is 11.3 Å². The van der Waals surface area contributed by atoms with Crippen molar-refractivity contribution in [2.45, 2.75) is 32.7 Å². The van der Waals surface area contributed by atoms with E-state index in [0.29, 0.717) is 0 Å². The van der Waals surface area contributed by atoms with Crippen LogP contribution in [0.2, 0.25) is 0 Å². The molecule has 0 spiro atoms. The van der Waals surface area contributed by atoms with Crippen LogP contribution in [0.4, 0.5) is 0 Å². The van der Waals surface area contributed by atoms with Gasteiger partial charge in [-0.2, -0.15) is 0 Å². The number of thiazole rings is 1. The number of aryl methyl sites for hydroxylation is 1. The fourth-order valence-corrected chi connectivity index (χ4v) is 4.74. The summed E-state index contributed by atoms with van der Waals surface area (Å²) < 4.78 is 0. The molecule has 0 amide bonds. The Morgan fingerprint density at radius 2 is 2.14 bits per heavy atom. The van der Waals surface area contributed by atoms with E-state index in [1.165, 1.54) is 69.1 Å². The van der Waals surface area contributed by atoms with E-state index in [4.69, 9.17) is 0 Å². The Morgan fingerprint density at radius 1 is 1.32 bits per heavy atom. The molecule has 0 aliphatic carbocycles. The van der Waals surface area contributed by atoms with Crippen LogP contribution >= 0.6 is 11.3 Å². The Hall–Kier alpha value is -0.490. The summed E-state index contributed by atoms with van der Waals surface area (Å²) >= 11 is 1.79. The number of piperidine rings is 1. The van der Waals surface area contributed by atoms with E-state index in [0.717, 1.165) is 18.4 Å². The van der Waals surface area contributed by atoms with Crippen molar-refractivity contribution in [2.24, 2.45) is 11.8 Å². The maximum atomic E-state index is 4.36. The van der Waals surface area contributed by atoms with Gasteiger partial charge in [0.1, 0.15) is 0 Å². The zero-order chi connectivity index (χ0) is 15.4. The van der Waals surface area contributed by atoms with Gasteiger partial charge < -0.3 is 15.1 Å². The molecular weight excluding hydrogens is 292 g/mol. The minimum Gasteiger partial charge on any atom is -0.317 e. The van der Waals surface area contributed by atoms with Gasteiger partial charge in [-0.3, -0.25) is 0 Å². The van der Waals surface area contributed by atoms with Crippen LogP contribution in [0.25, 0.3) is 0 Å². The van der Waals surface area contributed by atoms with Gasteiger partial charge >= 0.3 is 0 Å². The zero-order valence-corrected chi connectivity index (χ0v) is 14.9. The second-order valence-electron chi connectivity index (χ2n) is 7.17. The third-order valence-corrected chi connectivity index (χ3v) is 6.09. The lowest BCUT2D eigenvalue weighted by atomic mass is 9.98. The van der Waals surface area contributed by atoms with E-state index >= 15 is 0 Å². The average Bonchev–Trinajstić information content (AvgIpc) is 3.10. The van der Waals surface area contributed by atoms with Crippen molar-refractivity contribution in [1.29, 1.82) is 0 Å². The molecule has 3 rings (SSSR count). The van der Waals surface area contributed by atoms with Crippen molar-refractivity contribution >= 4 is 11.3 Å². The molecule has 4 nitrogen and oxygen atoms in total. The third-order valence-electron chi connectivity index (χ3n) is 5.17. The summed E-state index contributed by atoms with van der Waals surface area (Å²) in [7, 11) is 2.26. The van der Waals surface area contributed by atoms with Crippen LogP contribution in [0, 0.1) is 18.8 Å². The van der Waals surface area contributed by atoms with Gasteiger partial charge in [-0.25, -0.2) is 4.98 Å².